The molecule has 0 unspecified atom stereocenters. The van der Waals surface area contributed by atoms with Gasteiger partial charge in [0.25, 0.3) is 0 Å². The molecule has 0 heterocycles. The molecule has 0 rings (SSSR count). The van der Waals surface area contributed by atoms with Crippen molar-refractivity contribution in [3.8, 4) is 0 Å². The number of carboxylic acids is 1. The Balaban J connectivity index is 3.80. The Labute approximate surface area is 65.1 Å². The highest BCUT2D eigenvalue weighted by Crippen LogP contribution is 2.32. The van der Waals surface area contributed by atoms with E-state index in [1.165, 1.54) is 0 Å². The van der Waals surface area contributed by atoms with Crippen molar-refractivity contribution >= 4 is 17.7 Å². The van der Waals surface area contributed by atoms with Gasteiger partial charge in [0.05, 0.1) is 10.7 Å². The Morgan fingerprint density at radius 2 is 2.00 bits per heavy atom. The van der Waals surface area contributed by atoms with Crippen LogP contribution < -0.4 is 0 Å². The third-order valence-electron chi connectivity index (χ3n) is 0.686. The Hall–Kier alpha value is -0.650. The van der Waals surface area contributed by atoms with E-state index in [0.717, 1.165) is 0 Å². The van der Waals surface area contributed by atoms with Gasteiger partial charge in [-0.2, -0.15) is 13.2 Å². The molecule has 0 fully saturated rings. The second-order valence-electron chi connectivity index (χ2n) is 1.60. The minimum absolute atomic E-state index is 0.172. The van der Waals surface area contributed by atoms with Crippen molar-refractivity contribution in [1.29, 1.82) is 0 Å². The average Bonchev–Trinajstić information content (AvgIpc) is 1.80. The topological polar surface area (TPSA) is 37.3 Å². The first-order valence-corrected chi connectivity index (χ1v) is 3.43. The molecule has 0 aromatic carbocycles. The zero-order chi connectivity index (χ0) is 9.07. The van der Waals surface area contributed by atoms with Crippen LogP contribution in [0.4, 0.5) is 13.2 Å². The molecular formula is C5H5F3O2S. The molecule has 0 bridgehead atoms. The van der Waals surface area contributed by atoms with Crippen molar-refractivity contribution in [1.82, 2.24) is 0 Å². The minimum atomic E-state index is -4.50. The Kier molecular flexibility index (Phi) is 3.44. The summed E-state index contributed by atoms with van der Waals surface area (Å²) >= 11 is 0.172. The molecular weight excluding hydrogens is 181 g/mol. The van der Waals surface area contributed by atoms with Gasteiger partial charge in [0.15, 0.2) is 0 Å². The summed E-state index contributed by atoms with van der Waals surface area (Å²) < 4.78 is 34.8. The lowest BCUT2D eigenvalue weighted by atomic mass is 10.6. The SMILES string of the molecule is C=C(SCC(=O)O)C(F)(F)F. The third-order valence-corrected chi connectivity index (χ3v) is 1.66. The molecule has 64 valence electrons. The van der Waals surface area contributed by atoms with Crippen LogP contribution in [0.2, 0.25) is 0 Å². The Morgan fingerprint density at radius 3 is 2.27 bits per heavy atom. The molecule has 0 saturated carbocycles. The first-order valence-electron chi connectivity index (χ1n) is 2.44. The quantitative estimate of drug-likeness (QED) is 0.731. The number of alkyl halides is 3. The summed E-state index contributed by atoms with van der Waals surface area (Å²) in [5.41, 5.74) is 0. The van der Waals surface area contributed by atoms with Gasteiger partial charge in [-0.1, -0.05) is 6.58 Å². The lowest BCUT2D eigenvalue weighted by molar-refractivity contribution is -0.133. The van der Waals surface area contributed by atoms with Gasteiger partial charge in [0, 0.05) is 0 Å². The molecule has 6 heteroatoms. The summed E-state index contributed by atoms with van der Waals surface area (Å²) in [6.45, 7) is 2.67. The van der Waals surface area contributed by atoms with Gasteiger partial charge in [-0.25, -0.2) is 0 Å². The number of thioether (sulfide) groups is 1. The van der Waals surface area contributed by atoms with Crippen LogP contribution in [-0.2, 0) is 4.79 Å². The summed E-state index contributed by atoms with van der Waals surface area (Å²) in [6.07, 6.45) is -4.50. The second-order valence-corrected chi connectivity index (χ2v) is 2.67. The monoisotopic (exact) mass is 186 g/mol. The molecule has 0 radical (unpaired) electrons. The lowest BCUT2D eigenvalue weighted by Crippen LogP contribution is -2.10. The number of carboxylic acid groups (broad SMARTS) is 1. The Bertz CT molecular complexity index is 175. The number of aliphatic carboxylic acids is 1. The summed E-state index contributed by atoms with van der Waals surface area (Å²) in [5, 5.41) is 8.00. The van der Waals surface area contributed by atoms with Crippen LogP contribution >= 0.6 is 11.8 Å². The van der Waals surface area contributed by atoms with Gasteiger partial charge < -0.3 is 5.11 Å². The van der Waals surface area contributed by atoms with Gasteiger partial charge in [-0.3, -0.25) is 4.79 Å². The van der Waals surface area contributed by atoms with E-state index in [-0.39, 0.29) is 11.8 Å². The summed E-state index contributed by atoms with van der Waals surface area (Å²) in [7, 11) is 0. The summed E-state index contributed by atoms with van der Waals surface area (Å²) in [5.74, 6) is -1.90. The highest BCUT2D eigenvalue weighted by Gasteiger charge is 2.32. The van der Waals surface area contributed by atoms with E-state index in [9.17, 15) is 18.0 Å². The third kappa shape index (κ3) is 4.72. The number of rotatable bonds is 3. The molecule has 0 spiro atoms. The molecule has 11 heavy (non-hydrogen) atoms. The standard InChI is InChI=1S/C5H5F3O2S/c1-3(5(6,7)8)11-2-4(9)10/h1-2H2,(H,9,10). The maximum Gasteiger partial charge on any atom is 0.421 e. The van der Waals surface area contributed by atoms with Crippen LogP contribution in [0.1, 0.15) is 0 Å². The van der Waals surface area contributed by atoms with Crippen molar-refractivity contribution in [2.24, 2.45) is 0 Å². The first kappa shape index (κ1) is 10.3. The number of allylic oxidation sites excluding steroid dienone is 1. The van der Waals surface area contributed by atoms with Crippen LogP contribution in [0.25, 0.3) is 0 Å². The van der Waals surface area contributed by atoms with Crippen molar-refractivity contribution in [2.45, 2.75) is 6.18 Å². The molecule has 0 aromatic rings. The van der Waals surface area contributed by atoms with Crippen LogP contribution in [0.3, 0.4) is 0 Å². The smallest absolute Gasteiger partial charge is 0.421 e. The number of hydrogen-bond acceptors (Lipinski definition) is 2. The average molecular weight is 186 g/mol. The van der Waals surface area contributed by atoms with Crippen molar-refractivity contribution < 1.29 is 23.1 Å². The molecule has 0 aromatic heterocycles. The van der Waals surface area contributed by atoms with E-state index >= 15 is 0 Å². The van der Waals surface area contributed by atoms with E-state index in [0.29, 0.717) is 0 Å². The van der Waals surface area contributed by atoms with E-state index < -0.39 is 22.8 Å². The molecule has 0 aliphatic carbocycles. The lowest BCUT2D eigenvalue weighted by Gasteiger charge is -2.06. The van der Waals surface area contributed by atoms with Crippen LogP contribution in [0, 0.1) is 0 Å². The first-order chi connectivity index (χ1) is 4.84. The van der Waals surface area contributed by atoms with Crippen molar-refractivity contribution in [2.75, 3.05) is 5.75 Å². The zero-order valence-corrected chi connectivity index (χ0v) is 6.13. The minimum Gasteiger partial charge on any atom is -0.481 e. The maximum absolute atomic E-state index is 11.6. The number of halogens is 3. The van der Waals surface area contributed by atoms with Gasteiger partial charge in [0.1, 0.15) is 0 Å². The highest BCUT2D eigenvalue weighted by atomic mass is 32.2. The fraction of sp³-hybridized carbons (Fsp3) is 0.400. The predicted molar refractivity (Wildman–Crippen MR) is 35.3 cm³/mol. The van der Waals surface area contributed by atoms with Crippen LogP contribution in [-0.4, -0.2) is 23.0 Å². The maximum atomic E-state index is 11.6. The van der Waals surface area contributed by atoms with Crippen LogP contribution in [0.5, 0.6) is 0 Å². The molecule has 0 aliphatic heterocycles. The molecule has 0 atom stereocenters. The van der Waals surface area contributed by atoms with Crippen molar-refractivity contribution in [3.63, 3.8) is 0 Å². The fourth-order valence-electron chi connectivity index (χ4n) is 0.231. The molecule has 2 nitrogen and oxygen atoms in total. The molecule has 0 saturated heterocycles. The fourth-order valence-corrected chi connectivity index (χ4v) is 0.692. The number of carbonyl (C=O) groups is 1. The normalized spacial score (nSPS) is 11.2. The summed E-state index contributed by atoms with van der Waals surface area (Å²) in [6, 6.07) is 0. The van der Waals surface area contributed by atoms with E-state index in [1.54, 1.807) is 0 Å². The highest BCUT2D eigenvalue weighted by molar-refractivity contribution is 8.03. The van der Waals surface area contributed by atoms with E-state index in [1.807, 2.05) is 0 Å². The largest absolute Gasteiger partial charge is 0.481 e. The van der Waals surface area contributed by atoms with E-state index in [4.69, 9.17) is 5.11 Å². The van der Waals surface area contributed by atoms with Gasteiger partial charge >= 0.3 is 12.1 Å². The van der Waals surface area contributed by atoms with Gasteiger partial charge in [-0.05, 0) is 0 Å². The van der Waals surface area contributed by atoms with Gasteiger partial charge in [-0.15, -0.1) is 11.8 Å². The Morgan fingerprint density at radius 1 is 1.55 bits per heavy atom. The van der Waals surface area contributed by atoms with E-state index in [2.05, 4.69) is 6.58 Å². The number of hydrogen-bond donors (Lipinski definition) is 1. The van der Waals surface area contributed by atoms with Gasteiger partial charge in [0.2, 0.25) is 0 Å². The summed E-state index contributed by atoms with van der Waals surface area (Å²) in [4.78, 5) is 8.72. The molecule has 1 N–H and O–H groups in total. The zero-order valence-electron chi connectivity index (χ0n) is 5.31. The molecule has 0 aliphatic rings. The molecule has 0 amide bonds. The second kappa shape index (κ2) is 3.66. The van der Waals surface area contributed by atoms with Crippen molar-refractivity contribution in [3.05, 3.63) is 11.5 Å². The van der Waals surface area contributed by atoms with Crippen LogP contribution in [0.15, 0.2) is 11.5 Å². The predicted octanol–water partition coefficient (Wildman–Crippen LogP) is 1.88.